The Morgan fingerprint density at radius 3 is 2.94 bits per heavy atom. The maximum absolute atomic E-state index is 11.7. The van der Waals surface area contributed by atoms with E-state index in [0.29, 0.717) is 26.2 Å². The van der Waals surface area contributed by atoms with E-state index < -0.39 is 10.0 Å². The fourth-order valence-corrected chi connectivity index (χ4v) is 2.88. The third-order valence-electron chi connectivity index (χ3n) is 2.33. The first kappa shape index (κ1) is 15.1. The third kappa shape index (κ3) is 6.13. The highest BCUT2D eigenvalue weighted by Crippen LogP contribution is 2.02. The van der Waals surface area contributed by atoms with Crippen molar-refractivity contribution in [3.63, 3.8) is 0 Å². The molecule has 0 radical (unpaired) electrons. The standard InChI is InChI=1S/C11H20N2O4S/c1-3-16-7-10(2)9-18(14,15)13-5-4-11-6-12-17-8-11/h6,8,10,13H,3-5,7,9H2,1-2H3. The van der Waals surface area contributed by atoms with E-state index in [1.807, 2.05) is 13.8 Å². The molecule has 1 atom stereocenters. The fourth-order valence-electron chi connectivity index (χ4n) is 1.50. The van der Waals surface area contributed by atoms with Gasteiger partial charge >= 0.3 is 0 Å². The summed E-state index contributed by atoms with van der Waals surface area (Å²) in [4.78, 5) is 0. The predicted molar refractivity (Wildman–Crippen MR) is 67.7 cm³/mol. The summed E-state index contributed by atoms with van der Waals surface area (Å²) in [5.41, 5.74) is 0.875. The van der Waals surface area contributed by atoms with Crippen LogP contribution in [0.5, 0.6) is 0 Å². The predicted octanol–water partition coefficient (Wildman–Crippen LogP) is 0.809. The first-order valence-electron chi connectivity index (χ1n) is 5.97. The van der Waals surface area contributed by atoms with Crippen molar-refractivity contribution in [2.45, 2.75) is 20.3 Å². The van der Waals surface area contributed by atoms with E-state index in [9.17, 15) is 8.42 Å². The van der Waals surface area contributed by atoms with E-state index in [0.717, 1.165) is 5.56 Å². The van der Waals surface area contributed by atoms with Crippen LogP contribution >= 0.6 is 0 Å². The Labute approximate surface area is 108 Å². The molecule has 0 aliphatic heterocycles. The molecular weight excluding hydrogens is 256 g/mol. The smallest absolute Gasteiger partial charge is 0.211 e. The topological polar surface area (TPSA) is 81.4 Å². The van der Waals surface area contributed by atoms with Gasteiger partial charge < -0.3 is 9.26 Å². The number of hydrogen-bond acceptors (Lipinski definition) is 5. The van der Waals surface area contributed by atoms with Gasteiger partial charge in [-0.2, -0.15) is 0 Å². The second kappa shape index (κ2) is 7.50. The normalized spacial score (nSPS) is 13.7. The van der Waals surface area contributed by atoms with Crippen molar-refractivity contribution in [1.29, 1.82) is 0 Å². The Kier molecular flexibility index (Phi) is 6.31. The number of ether oxygens (including phenoxy) is 1. The van der Waals surface area contributed by atoms with Gasteiger partial charge in [-0.15, -0.1) is 0 Å². The van der Waals surface area contributed by atoms with Crippen LogP contribution in [0.1, 0.15) is 19.4 Å². The SMILES string of the molecule is CCOCC(C)CS(=O)(=O)NCCc1cnoc1. The number of nitrogens with one attached hydrogen (secondary N) is 1. The van der Waals surface area contributed by atoms with Gasteiger partial charge in [-0.25, -0.2) is 13.1 Å². The van der Waals surface area contributed by atoms with Crippen LogP contribution in [0.3, 0.4) is 0 Å². The Balaban J connectivity index is 2.26. The van der Waals surface area contributed by atoms with Crippen molar-refractivity contribution < 1.29 is 17.7 Å². The Morgan fingerprint density at radius 2 is 2.33 bits per heavy atom. The summed E-state index contributed by atoms with van der Waals surface area (Å²) in [6, 6.07) is 0. The molecule has 0 saturated heterocycles. The molecule has 7 heteroatoms. The van der Waals surface area contributed by atoms with Gasteiger partial charge in [-0.3, -0.25) is 0 Å². The highest BCUT2D eigenvalue weighted by atomic mass is 32.2. The molecule has 1 aromatic rings. The van der Waals surface area contributed by atoms with Crippen molar-refractivity contribution in [1.82, 2.24) is 9.88 Å². The largest absolute Gasteiger partial charge is 0.381 e. The minimum absolute atomic E-state index is 0.0157. The van der Waals surface area contributed by atoms with E-state index in [4.69, 9.17) is 4.74 Å². The molecule has 18 heavy (non-hydrogen) atoms. The van der Waals surface area contributed by atoms with Crippen molar-refractivity contribution in [2.75, 3.05) is 25.5 Å². The van der Waals surface area contributed by atoms with Crippen LogP contribution in [0.25, 0.3) is 0 Å². The van der Waals surface area contributed by atoms with Crippen LogP contribution in [0.4, 0.5) is 0 Å². The van der Waals surface area contributed by atoms with E-state index in [1.165, 1.54) is 6.26 Å². The van der Waals surface area contributed by atoms with Crippen LogP contribution in [0, 0.1) is 5.92 Å². The lowest BCUT2D eigenvalue weighted by Gasteiger charge is -2.12. The van der Waals surface area contributed by atoms with E-state index >= 15 is 0 Å². The van der Waals surface area contributed by atoms with Gasteiger partial charge in [0.25, 0.3) is 0 Å². The number of hydrogen-bond donors (Lipinski definition) is 1. The molecule has 1 N–H and O–H groups in total. The molecule has 104 valence electrons. The Bertz CT molecular complexity index is 416. The van der Waals surface area contributed by atoms with Gasteiger partial charge in [0.2, 0.25) is 10.0 Å². The summed E-state index contributed by atoms with van der Waals surface area (Å²) < 4.78 is 35.9. The Morgan fingerprint density at radius 1 is 1.56 bits per heavy atom. The third-order valence-corrected chi connectivity index (χ3v) is 3.98. The number of rotatable bonds is 9. The van der Waals surface area contributed by atoms with Gasteiger partial charge in [0.1, 0.15) is 6.26 Å². The summed E-state index contributed by atoms with van der Waals surface area (Å²) in [5.74, 6) is 0.0643. The highest BCUT2D eigenvalue weighted by Gasteiger charge is 2.15. The molecule has 0 saturated carbocycles. The zero-order valence-electron chi connectivity index (χ0n) is 10.8. The first-order chi connectivity index (χ1) is 8.53. The van der Waals surface area contributed by atoms with Crippen LogP contribution in [-0.2, 0) is 21.2 Å². The molecule has 1 heterocycles. The lowest BCUT2D eigenvalue weighted by molar-refractivity contribution is 0.122. The number of sulfonamides is 1. The maximum atomic E-state index is 11.7. The van der Waals surface area contributed by atoms with Gasteiger partial charge in [-0.05, 0) is 19.3 Å². The molecule has 0 fully saturated rings. The Hall–Kier alpha value is -0.920. The molecule has 0 aliphatic carbocycles. The monoisotopic (exact) mass is 276 g/mol. The minimum atomic E-state index is -3.25. The molecule has 0 spiro atoms. The molecule has 6 nitrogen and oxygen atoms in total. The van der Waals surface area contributed by atoms with Crippen molar-refractivity contribution >= 4 is 10.0 Å². The van der Waals surface area contributed by atoms with E-state index in [1.54, 1.807) is 6.20 Å². The van der Waals surface area contributed by atoms with Crippen LogP contribution in [0.2, 0.25) is 0 Å². The lowest BCUT2D eigenvalue weighted by atomic mass is 10.2. The summed E-state index contributed by atoms with van der Waals surface area (Å²) in [6.07, 6.45) is 3.65. The average molecular weight is 276 g/mol. The van der Waals surface area contributed by atoms with Crippen molar-refractivity contribution in [2.24, 2.45) is 5.92 Å². The molecule has 0 aromatic carbocycles. The quantitative estimate of drug-likeness (QED) is 0.722. The van der Waals surface area contributed by atoms with Crippen LogP contribution in [0.15, 0.2) is 17.0 Å². The van der Waals surface area contributed by atoms with Gasteiger partial charge in [0.15, 0.2) is 0 Å². The lowest BCUT2D eigenvalue weighted by Crippen LogP contribution is -2.31. The average Bonchev–Trinajstić information content (AvgIpc) is 2.78. The van der Waals surface area contributed by atoms with E-state index in [2.05, 4.69) is 14.4 Å². The zero-order valence-corrected chi connectivity index (χ0v) is 11.6. The molecule has 1 unspecified atom stereocenters. The molecule has 0 bridgehead atoms. The maximum Gasteiger partial charge on any atom is 0.211 e. The summed E-state index contributed by atoms with van der Waals surface area (Å²) in [6.45, 7) is 5.16. The summed E-state index contributed by atoms with van der Waals surface area (Å²) >= 11 is 0. The fraction of sp³-hybridized carbons (Fsp3) is 0.727. The highest BCUT2D eigenvalue weighted by molar-refractivity contribution is 7.89. The van der Waals surface area contributed by atoms with E-state index in [-0.39, 0.29) is 11.7 Å². The molecule has 1 aromatic heterocycles. The molecule has 0 aliphatic rings. The number of aromatic nitrogens is 1. The zero-order chi connectivity index (χ0) is 13.4. The van der Waals surface area contributed by atoms with Gasteiger partial charge in [-0.1, -0.05) is 12.1 Å². The second-order valence-corrected chi connectivity index (χ2v) is 6.07. The minimum Gasteiger partial charge on any atom is -0.381 e. The second-order valence-electron chi connectivity index (χ2n) is 4.22. The molecule has 1 rings (SSSR count). The summed E-state index contributed by atoms with van der Waals surface area (Å²) in [7, 11) is -3.25. The first-order valence-corrected chi connectivity index (χ1v) is 7.62. The van der Waals surface area contributed by atoms with Crippen LogP contribution in [-0.4, -0.2) is 39.1 Å². The van der Waals surface area contributed by atoms with Crippen molar-refractivity contribution in [3.8, 4) is 0 Å². The number of nitrogens with zero attached hydrogens (tertiary/aromatic N) is 1. The van der Waals surface area contributed by atoms with Gasteiger partial charge in [0, 0.05) is 18.7 Å². The molecule has 0 amide bonds. The van der Waals surface area contributed by atoms with Crippen molar-refractivity contribution in [3.05, 3.63) is 18.0 Å². The van der Waals surface area contributed by atoms with Crippen LogP contribution < -0.4 is 4.72 Å². The summed E-state index contributed by atoms with van der Waals surface area (Å²) in [5, 5.41) is 3.55. The van der Waals surface area contributed by atoms with Gasteiger partial charge in [0.05, 0.1) is 18.6 Å². The molecular formula is C11H20N2O4S.